The Labute approximate surface area is 221 Å². The third-order valence-corrected chi connectivity index (χ3v) is 18.2. The van der Waals surface area contributed by atoms with Gasteiger partial charge in [0.2, 0.25) is 5.95 Å². The van der Waals surface area contributed by atoms with E-state index in [-0.39, 0.29) is 57.4 Å². The van der Waals surface area contributed by atoms with Crippen LogP contribution in [-0.4, -0.2) is 80.5 Å². The number of anilines is 1. The molecule has 2 aromatic rings. The maximum atomic E-state index is 12.5. The molecule has 0 saturated carbocycles. The molecule has 2 aliphatic heterocycles. The van der Waals surface area contributed by atoms with Crippen LogP contribution in [0.5, 0.6) is 0 Å². The lowest BCUT2D eigenvalue weighted by Crippen LogP contribution is -2.66. The highest BCUT2D eigenvalue weighted by atomic mass is 28.5. The second-order valence-corrected chi connectivity index (χ2v) is 20.7. The van der Waals surface area contributed by atoms with E-state index in [1.807, 2.05) is 14.1 Å². The number of ether oxygens (including phenoxy) is 1. The van der Waals surface area contributed by atoms with Crippen molar-refractivity contribution in [2.45, 2.75) is 102 Å². The number of rotatable bonds is 6. The monoisotopic (exact) mass is 552 g/mol. The van der Waals surface area contributed by atoms with Gasteiger partial charge >= 0.3 is 17.1 Å². The second kappa shape index (κ2) is 10.2. The first-order chi connectivity index (χ1) is 17.2. The minimum absolute atomic E-state index is 0.0355. The van der Waals surface area contributed by atoms with E-state index in [0.29, 0.717) is 12.3 Å². The summed E-state index contributed by atoms with van der Waals surface area (Å²) in [4.78, 5) is 25.8. The fraction of sp³-hybridized carbons (Fsp3) is 0.792. The Balaban J connectivity index is 1.85. The van der Waals surface area contributed by atoms with E-state index in [9.17, 15) is 4.79 Å². The number of nitrogens with two attached hydrogens (primary N) is 1. The number of hydrogen-bond donors (Lipinski definition) is 2. The molecule has 2 fully saturated rings. The molecule has 208 valence electrons. The van der Waals surface area contributed by atoms with Crippen LogP contribution in [0.4, 0.5) is 5.95 Å². The molecule has 0 unspecified atom stereocenters. The maximum absolute atomic E-state index is 12.5. The lowest BCUT2D eigenvalue weighted by atomic mass is 10.1. The van der Waals surface area contributed by atoms with Crippen molar-refractivity contribution in [3.8, 4) is 0 Å². The zero-order valence-corrected chi connectivity index (χ0v) is 25.8. The summed E-state index contributed by atoms with van der Waals surface area (Å²) in [5.41, 5.74) is 7.01. The molecule has 0 spiro atoms. The summed E-state index contributed by atoms with van der Waals surface area (Å²) in [6, 6.07) is -0.200. The van der Waals surface area contributed by atoms with Gasteiger partial charge in [0.25, 0.3) is 5.56 Å². The average Bonchev–Trinajstić information content (AvgIpc) is 3.34. The van der Waals surface area contributed by atoms with Crippen molar-refractivity contribution in [1.82, 2.24) is 24.4 Å². The summed E-state index contributed by atoms with van der Waals surface area (Å²) in [5, 5.41) is 0. The molecule has 0 aliphatic carbocycles. The van der Waals surface area contributed by atoms with Crippen LogP contribution < -0.4 is 11.3 Å². The standard InChI is InChI=1S/C24H44N6O5Si2/c1-13(2)36(14(3)4)32-11-17-20(34-37(35-36,15(5)6)16(7)8)19(29(9)10)23(33-17)30-12-26-18-21(30)27-24(25)28-22(18)31/h12-17,19-20,23H,11H2,1-10H3,(H3,25,27,28,31)/t17-,19-,20-,23-/m1/s1. The molecular weight excluding hydrogens is 508 g/mol. The number of likely N-dealkylation sites (N-methyl/N-ethyl adjacent to an activating group) is 1. The first-order valence-electron chi connectivity index (χ1n) is 13.3. The molecule has 11 nitrogen and oxygen atoms in total. The number of imidazole rings is 1. The number of aromatic nitrogens is 4. The van der Waals surface area contributed by atoms with Crippen molar-refractivity contribution in [3.63, 3.8) is 0 Å². The zero-order valence-electron chi connectivity index (χ0n) is 23.8. The molecule has 0 radical (unpaired) electrons. The van der Waals surface area contributed by atoms with Gasteiger partial charge in [-0.3, -0.25) is 19.2 Å². The van der Waals surface area contributed by atoms with Crippen LogP contribution in [0, 0.1) is 0 Å². The molecule has 37 heavy (non-hydrogen) atoms. The highest BCUT2D eigenvalue weighted by Gasteiger charge is 2.62. The normalized spacial score (nSPS) is 28.0. The van der Waals surface area contributed by atoms with Gasteiger partial charge in [-0.25, -0.2) is 4.98 Å². The van der Waals surface area contributed by atoms with Gasteiger partial charge in [0.1, 0.15) is 6.10 Å². The van der Waals surface area contributed by atoms with Gasteiger partial charge in [-0.2, -0.15) is 4.98 Å². The quantitative estimate of drug-likeness (QED) is 0.517. The van der Waals surface area contributed by atoms with E-state index in [4.69, 9.17) is 23.4 Å². The molecule has 0 aromatic carbocycles. The van der Waals surface area contributed by atoms with Crippen LogP contribution in [0.25, 0.3) is 11.2 Å². The minimum atomic E-state index is -2.83. The first kappa shape index (κ1) is 28.4. The van der Waals surface area contributed by atoms with Gasteiger partial charge in [-0.05, 0) is 36.3 Å². The van der Waals surface area contributed by atoms with Gasteiger partial charge in [-0.15, -0.1) is 0 Å². The van der Waals surface area contributed by atoms with Crippen molar-refractivity contribution >= 4 is 34.2 Å². The lowest BCUT2D eigenvalue weighted by molar-refractivity contribution is -0.0552. The third kappa shape index (κ3) is 4.62. The molecule has 2 saturated heterocycles. The van der Waals surface area contributed by atoms with Crippen molar-refractivity contribution in [1.29, 1.82) is 0 Å². The van der Waals surface area contributed by atoms with E-state index in [1.54, 1.807) is 10.9 Å². The minimum Gasteiger partial charge on any atom is -0.414 e. The van der Waals surface area contributed by atoms with Gasteiger partial charge < -0.3 is 23.4 Å². The van der Waals surface area contributed by atoms with E-state index < -0.39 is 23.3 Å². The Hall–Kier alpha value is -1.62. The zero-order chi connectivity index (χ0) is 27.4. The lowest BCUT2D eigenvalue weighted by Gasteiger charge is -2.51. The van der Waals surface area contributed by atoms with Gasteiger partial charge in [0.05, 0.1) is 25.1 Å². The molecule has 3 N–H and O–H groups in total. The van der Waals surface area contributed by atoms with Crippen LogP contribution in [0.15, 0.2) is 11.1 Å². The summed E-state index contributed by atoms with van der Waals surface area (Å²) in [7, 11) is -1.49. The summed E-state index contributed by atoms with van der Waals surface area (Å²) < 4.78 is 30.1. The fourth-order valence-electron chi connectivity index (χ4n) is 6.05. The third-order valence-electron chi connectivity index (χ3n) is 7.96. The van der Waals surface area contributed by atoms with E-state index in [0.717, 1.165) is 0 Å². The number of nitrogen functional groups attached to an aromatic ring is 1. The molecule has 0 amide bonds. The SMILES string of the molecule is CC(C)[Si]1(C(C)C)OC[C@H]2O[C@@H](n3cnc4c(=O)[nH]c(N)nc43)[C@H](N(C)C)[C@@H]2O[Si](C(C)C)(C(C)C)O1. The number of nitrogens with zero attached hydrogens (tertiary/aromatic N) is 4. The molecule has 4 rings (SSSR count). The smallest absolute Gasteiger partial charge is 0.335 e. The number of H-pyrrole nitrogens is 1. The highest BCUT2D eigenvalue weighted by Crippen LogP contribution is 2.49. The van der Waals surface area contributed by atoms with Crippen molar-refractivity contribution in [3.05, 3.63) is 16.7 Å². The molecular formula is C24H44N6O5Si2. The topological polar surface area (TPSA) is 130 Å². The van der Waals surface area contributed by atoms with Crippen molar-refractivity contribution in [2.24, 2.45) is 0 Å². The van der Waals surface area contributed by atoms with Crippen molar-refractivity contribution < 1.29 is 17.7 Å². The molecule has 0 bridgehead atoms. The van der Waals surface area contributed by atoms with E-state index in [2.05, 4.69) is 75.2 Å². The molecule has 2 aromatic heterocycles. The number of hydrogen-bond acceptors (Lipinski definition) is 9. The van der Waals surface area contributed by atoms with Crippen LogP contribution in [0.2, 0.25) is 22.2 Å². The predicted molar refractivity (Wildman–Crippen MR) is 148 cm³/mol. The van der Waals surface area contributed by atoms with Crippen LogP contribution in [0.3, 0.4) is 0 Å². The van der Waals surface area contributed by atoms with Crippen LogP contribution in [-0.2, 0) is 17.7 Å². The Kier molecular flexibility index (Phi) is 7.80. The largest absolute Gasteiger partial charge is 0.414 e. The molecule has 4 heterocycles. The Morgan fingerprint density at radius 2 is 1.65 bits per heavy atom. The molecule has 13 heteroatoms. The van der Waals surface area contributed by atoms with Crippen LogP contribution >= 0.6 is 0 Å². The number of aromatic amines is 1. The second-order valence-electron chi connectivity index (χ2n) is 11.9. The summed E-state index contributed by atoms with van der Waals surface area (Å²) in [6.07, 6.45) is 0.456. The summed E-state index contributed by atoms with van der Waals surface area (Å²) in [5.74, 6) is 0.0355. The average molecular weight is 553 g/mol. The maximum Gasteiger partial charge on any atom is 0.335 e. The van der Waals surface area contributed by atoms with Crippen LogP contribution in [0.1, 0.15) is 61.6 Å². The summed E-state index contributed by atoms with van der Waals surface area (Å²) in [6.45, 7) is 18.0. The van der Waals surface area contributed by atoms with E-state index >= 15 is 0 Å². The van der Waals surface area contributed by atoms with Gasteiger partial charge in [0.15, 0.2) is 17.4 Å². The Morgan fingerprint density at radius 3 is 2.19 bits per heavy atom. The molecule has 4 atom stereocenters. The fourth-order valence-corrected chi connectivity index (χ4v) is 17.3. The number of nitrogens with one attached hydrogen (secondary N) is 1. The van der Waals surface area contributed by atoms with Gasteiger partial charge in [0, 0.05) is 0 Å². The summed E-state index contributed by atoms with van der Waals surface area (Å²) >= 11 is 0. The van der Waals surface area contributed by atoms with Gasteiger partial charge in [-0.1, -0.05) is 55.4 Å². The van der Waals surface area contributed by atoms with Crippen molar-refractivity contribution in [2.75, 3.05) is 26.4 Å². The molecule has 2 aliphatic rings. The Bertz CT molecular complexity index is 1150. The predicted octanol–water partition coefficient (Wildman–Crippen LogP) is 3.49. The Morgan fingerprint density at radius 1 is 1.05 bits per heavy atom. The highest BCUT2D eigenvalue weighted by molar-refractivity contribution is 6.84. The first-order valence-corrected chi connectivity index (χ1v) is 17.3. The van der Waals surface area contributed by atoms with E-state index in [1.165, 1.54) is 0 Å². The number of fused-ring (bicyclic) bond motifs is 2.